The van der Waals surface area contributed by atoms with Crippen LogP contribution in [0.1, 0.15) is 21.5 Å². The number of nitrogens with zero attached hydrogens (tertiary/aromatic N) is 2. The molecule has 0 saturated carbocycles. The average Bonchev–Trinajstić information content (AvgIpc) is 2.73. The predicted molar refractivity (Wildman–Crippen MR) is 119 cm³/mol. The number of hydrogen-bond acceptors (Lipinski definition) is 3. The molecule has 0 unspecified atom stereocenters. The van der Waals surface area contributed by atoms with Crippen molar-refractivity contribution in [2.24, 2.45) is 0 Å². The highest BCUT2D eigenvalue weighted by atomic mass is 35.5. The van der Waals surface area contributed by atoms with E-state index in [9.17, 15) is 14.9 Å². The predicted octanol–water partition coefficient (Wildman–Crippen LogP) is 6.44. The summed E-state index contributed by atoms with van der Waals surface area (Å²) in [5.41, 5.74) is 1.95. The van der Waals surface area contributed by atoms with Gasteiger partial charge >= 0.3 is 0 Å². The Morgan fingerprint density at radius 3 is 2.23 bits per heavy atom. The van der Waals surface area contributed by atoms with Crippen LogP contribution in [-0.2, 0) is 13.0 Å². The Bertz CT molecular complexity index is 1070. The van der Waals surface area contributed by atoms with E-state index in [1.54, 1.807) is 23.1 Å². The average molecular weight is 464 g/mol. The van der Waals surface area contributed by atoms with Crippen molar-refractivity contribution in [3.63, 3.8) is 0 Å². The van der Waals surface area contributed by atoms with E-state index in [0.29, 0.717) is 40.1 Å². The van der Waals surface area contributed by atoms with Gasteiger partial charge in [-0.2, -0.15) is 0 Å². The molecule has 0 heterocycles. The van der Waals surface area contributed by atoms with Crippen molar-refractivity contribution in [3.05, 3.63) is 109 Å². The van der Waals surface area contributed by atoms with E-state index in [1.807, 2.05) is 24.3 Å². The Balaban J connectivity index is 1.85. The van der Waals surface area contributed by atoms with Crippen molar-refractivity contribution in [2.75, 3.05) is 6.54 Å². The Labute approximate surface area is 188 Å². The van der Waals surface area contributed by atoms with E-state index in [4.69, 9.17) is 34.8 Å². The van der Waals surface area contributed by atoms with Crippen molar-refractivity contribution in [1.82, 2.24) is 4.90 Å². The number of halogens is 3. The van der Waals surface area contributed by atoms with E-state index in [0.717, 1.165) is 11.1 Å². The third-order valence-electron chi connectivity index (χ3n) is 4.60. The lowest BCUT2D eigenvalue weighted by Crippen LogP contribution is -2.32. The minimum Gasteiger partial charge on any atom is -0.334 e. The first kappa shape index (κ1) is 22.1. The number of nitro groups is 1. The monoisotopic (exact) mass is 462 g/mol. The Morgan fingerprint density at radius 1 is 0.900 bits per heavy atom. The Hall–Kier alpha value is -2.60. The van der Waals surface area contributed by atoms with Gasteiger partial charge in [0, 0.05) is 45.9 Å². The van der Waals surface area contributed by atoms with E-state index < -0.39 is 4.92 Å². The van der Waals surface area contributed by atoms with Gasteiger partial charge < -0.3 is 4.90 Å². The minimum atomic E-state index is -0.502. The zero-order valence-electron chi connectivity index (χ0n) is 15.7. The molecule has 0 N–H and O–H groups in total. The van der Waals surface area contributed by atoms with Gasteiger partial charge in [-0.25, -0.2) is 0 Å². The van der Waals surface area contributed by atoms with Gasteiger partial charge in [0.2, 0.25) is 0 Å². The summed E-state index contributed by atoms with van der Waals surface area (Å²) in [7, 11) is 0. The van der Waals surface area contributed by atoms with Crippen LogP contribution in [0.3, 0.4) is 0 Å². The molecule has 154 valence electrons. The highest BCUT2D eigenvalue weighted by Gasteiger charge is 2.19. The topological polar surface area (TPSA) is 63.4 Å². The van der Waals surface area contributed by atoms with Gasteiger partial charge in [0.25, 0.3) is 11.6 Å². The van der Waals surface area contributed by atoms with Crippen LogP contribution in [0.15, 0.2) is 66.7 Å². The summed E-state index contributed by atoms with van der Waals surface area (Å²) < 4.78 is 0. The standard InChI is InChI=1S/C22H17Cl3N2O3/c23-18-8-5-15(21(25)13-18)11-12-26(14-17-3-1-2-4-20(17)24)22(28)16-6-9-19(10-7-16)27(29)30/h1-10,13H,11-12,14H2. The first-order valence-corrected chi connectivity index (χ1v) is 10.2. The normalized spacial score (nSPS) is 10.6. The van der Waals surface area contributed by atoms with Gasteiger partial charge in [-0.15, -0.1) is 0 Å². The molecular weight excluding hydrogens is 447 g/mol. The molecule has 30 heavy (non-hydrogen) atoms. The summed E-state index contributed by atoms with van der Waals surface area (Å²) in [6, 6.07) is 18.1. The summed E-state index contributed by atoms with van der Waals surface area (Å²) in [6.07, 6.45) is 0.513. The number of rotatable bonds is 7. The second-order valence-corrected chi connectivity index (χ2v) is 7.86. The number of carbonyl (C=O) groups is 1. The molecule has 5 nitrogen and oxygen atoms in total. The zero-order chi connectivity index (χ0) is 21.7. The molecule has 3 aromatic rings. The van der Waals surface area contributed by atoms with Crippen LogP contribution in [0.2, 0.25) is 15.1 Å². The lowest BCUT2D eigenvalue weighted by molar-refractivity contribution is -0.384. The molecule has 0 fully saturated rings. The minimum absolute atomic E-state index is 0.0721. The summed E-state index contributed by atoms with van der Waals surface area (Å²) in [5.74, 6) is -0.255. The molecular formula is C22H17Cl3N2O3. The fourth-order valence-electron chi connectivity index (χ4n) is 2.97. The second kappa shape index (κ2) is 9.94. The number of amides is 1. The molecule has 3 aromatic carbocycles. The quantitative estimate of drug-likeness (QED) is 0.299. The van der Waals surface area contributed by atoms with Crippen LogP contribution in [0.5, 0.6) is 0 Å². The van der Waals surface area contributed by atoms with Crippen LogP contribution in [0, 0.1) is 10.1 Å². The molecule has 0 saturated heterocycles. The van der Waals surface area contributed by atoms with Gasteiger partial charge in [0.15, 0.2) is 0 Å². The fraction of sp³-hybridized carbons (Fsp3) is 0.136. The first-order valence-electron chi connectivity index (χ1n) is 9.06. The lowest BCUT2D eigenvalue weighted by Gasteiger charge is -2.24. The summed E-state index contributed by atoms with van der Waals surface area (Å²) in [5, 5.41) is 12.5. The molecule has 0 aliphatic heterocycles. The Morgan fingerprint density at radius 2 is 1.60 bits per heavy atom. The van der Waals surface area contributed by atoms with Crippen LogP contribution < -0.4 is 0 Å². The molecule has 0 bridgehead atoms. The van der Waals surface area contributed by atoms with Crippen molar-refractivity contribution in [2.45, 2.75) is 13.0 Å². The van der Waals surface area contributed by atoms with Crippen molar-refractivity contribution >= 4 is 46.4 Å². The smallest absolute Gasteiger partial charge is 0.269 e. The van der Waals surface area contributed by atoms with Crippen molar-refractivity contribution in [3.8, 4) is 0 Å². The van der Waals surface area contributed by atoms with Gasteiger partial charge in [-0.05, 0) is 47.9 Å². The van der Waals surface area contributed by atoms with Crippen LogP contribution in [0.25, 0.3) is 0 Å². The van der Waals surface area contributed by atoms with Gasteiger partial charge in [0.1, 0.15) is 0 Å². The molecule has 0 spiro atoms. The largest absolute Gasteiger partial charge is 0.334 e. The number of carbonyl (C=O) groups excluding carboxylic acids is 1. The third kappa shape index (κ3) is 5.51. The number of hydrogen-bond donors (Lipinski definition) is 0. The molecule has 0 radical (unpaired) electrons. The van der Waals surface area contributed by atoms with Crippen LogP contribution in [-0.4, -0.2) is 22.3 Å². The van der Waals surface area contributed by atoms with Gasteiger partial charge in [0.05, 0.1) is 4.92 Å². The highest BCUT2D eigenvalue weighted by molar-refractivity contribution is 6.35. The number of non-ortho nitro benzene ring substituents is 1. The number of nitro benzene ring substituents is 1. The maximum atomic E-state index is 13.2. The van der Waals surface area contributed by atoms with Crippen molar-refractivity contribution < 1.29 is 9.72 Å². The summed E-state index contributed by atoms with van der Waals surface area (Å²) in [4.78, 5) is 25.2. The van der Waals surface area contributed by atoms with Crippen LogP contribution in [0.4, 0.5) is 5.69 Å². The van der Waals surface area contributed by atoms with E-state index >= 15 is 0 Å². The summed E-state index contributed by atoms with van der Waals surface area (Å²) >= 11 is 18.5. The third-order valence-corrected chi connectivity index (χ3v) is 5.55. The first-order chi connectivity index (χ1) is 14.3. The Kier molecular flexibility index (Phi) is 7.32. The van der Waals surface area contributed by atoms with Crippen molar-refractivity contribution in [1.29, 1.82) is 0 Å². The highest BCUT2D eigenvalue weighted by Crippen LogP contribution is 2.23. The molecule has 3 rings (SSSR count). The van der Waals surface area contributed by atoms with Gasteiger partial charge in [-0.3, -0.25) is 14.9 Å². The lowest BCUT2D eigenvalue weighted by atomic mass is 10.1. The van der Waals surface area contributed by atoms with Crippen LogP contribution >= 0.6 is 34.8 Å². The molecule has 0 aliphatic carbocycles. The number of benzene rings is 3. The maximum absolute atomic E-state index is 13.2. The summed E-state index contributed by atoms with van der Waals surface area (Å²) in [6.45, 7) is 0.670. The molecule has 1 amide bonds. The molecule has 0 atom stereocenters. The van der Waals surface area contributed by atoms with Gasteiger partial charge in [-0.1, -0.05) is 59.1 Å². The maximum Gasteiger partial charge on any atom is 0.269 e. The van der Waals surface area contributed by atoms with E-state index in [2.05, 4.69) is 0 Å². The second-order valence-electron chi connectivity index (χ2n) is 6.61. The van der Waals surface area contributed by atoms with E-state index in [1.165, 1.54) is 24.3 Å². The molecule has 0 aromatic heterocycles. The molecule has 0 aliphatic rings. The van der Waals surface area contributed by atoms with E-state index in [-0.39, 0.29) is 11.6 Å². The fourth-order valence-corrected chi connectivity index (χ4v) is 3.67. The molecule has 8 heteroatoms. The zero-order valence-corrected chi connectivity index (χ0v) is 18.0. The SMILES string of the molecule is O=C(c1ccc([N+](=O)[O-])cc1)N(CCc1ccc(Cl)cc1Cl)Cc1ccccc1Cl.